The fraction of sp³-hybridized carbons (Fsp3) is 0.200. The van der Waals surface area contributed by atoms with Crippen LogP contribution in [0.5, 0.6) is 0 Å². The molecule has 3 aromatic rings. The first-order valence-electron chi connectivity index (χ1n) is 8.01. The number of hydrogen-bond donors (Lipinski definition) is 1. The number of fused-ring (bicyclic) bond motifs is 1. The lowest BCUT2D eigenvalue weighted by molar-refractivity contribution is -0.136. The minimum atomic E-state index is -0.850. The highest BCUT2D eigenvalue weighted by Crippen LogP contribution is 2.30. The normalized spacial score (nSPS) is 10.8. The van der Waals surface area contributed by atoms with E-state index in [0.29, 0.717) is 11.6 Å². The monoisotopic (exact) mass is 354 g/mol. The second-order valence-electron chi connectivity index (χ2n) is 6.10. The molecule has 0 aliphatic heterocycles. The quantitative estimate of drug-likeness (QED) is 0.735. The fourth-order valence-electron chi connectivity index (χ4n) is 3.03. The van der Waals surface area contributed by atoms with Crippen LogP contribution >= 0.6 is 11.6 Å². The van der Waals surface area contributed by atoms with Gasteiger partial charge >= 0.3 is 5.97 Å². The van der Waals surface area contributed by atoms with Gasteiger partial charge in [-0.15, -0.1) is 0 Å². The summed E-state index contributed by atoms with van der Waals surface area (Å²) in [5, 5.41) is 11.8. The molecule has 0 saturated carbocycles. The molecule has 0 saturated heterocycles. The number of carbonyl (C=O) groups is 1. The van der Waals surface area contributed by atoms with E-state index in [1.807, 2.05) is 62.5 Å². The van der Waals surface area contributed by atoms with Crippen LogP contribution in [0.15, 0.2) is 48.5 Å². The van der Waals surface area contributed by atoms with Crippen molar-refractivity contribution in [3.8, 4) is 0 Å². The van der Waals surface area contributed by atoms with Gasteiger partial charge in [0.25, 0.3) is 0 Å². The lowest BCUT2D eigenvalue weighted by atomic mass is 10.0. The van der Waals surface area contributed by atoms with Crippen LogP contribution in [0, 0.1) is 6.92 Å². The third-order valence-electron chi connectivity index (χ3n) is 4.23. The number of rotatable bonds is 5. The van der Waals surface area contributed by atoms with Crippen molar-refractivity contribution in [3.05, 3.63) is 70.4 Å². The van der Waals surface area contributed by atoms with Gasteiger partial charge in [0.1, 0.15) is 5.82 Å². The highest BCUT2D eigenvalue weighted by atomic mass is 35.5. The van der Waals surface area contributed by atoms with Gasteiger partial charge in [0, 0.05) is 29.7 Å². The van der Waals surface area contributed by atoms with E-state index in [-0.39, 0.29) is 6.42 Å². The number of nitrogens with zero attached hydrogens (tertiary/aromatic N) is 2. The van der Waals surface area contributed by atoms with Crippen molar-refractivity contribution in [1.82, 2.24) is 4.98 Å². The molecule has 1 N–H and O–H groups in total. The first-order valence-corrected chi connectivity index (χ1v) is 8.39. The molecule has 5 heteroatoms. The first kappa shape index (κ1) is 17.2. The van der Waals surface area contributed by atoms with Gasteiger partial charge in [-0.2, -0.15) is 0 Å². The second-order valence-corrected chi connectivity index (χ2v) is 6.53. The van der Waals surface area contributed by atoms with E-state index in [4.69, 9.17) is 16.6 Å². The Bertz CT molecular complexity index is 923. The average Bonchev–Trinajstić information content (AvgIpc) is 2.59. The van der Waals surface area contributed by atoms with Crippen molar-refractivity contribution in [2.75, 3.05) is 11.9 Å². The summed E-state index contributed by atoms with van der Waals surface area (Å²) in [6, 6.07) is 15.6. The van der Waals surface area contributed by atoms with Gasteiger partial charge in [-0.3, -0.25) is 4.79 Å². The van der Waals surface area contributed by atoms with E-state index in [2.05, 4.69) is 4.90 Å². The van der Waals surface area contributed by atoms with Gasteiger partial charge in [0.05, 0.1) is 6.42 Å². The van der Waals surface area contributed by atoms with E-state index >= 15 is 0 Å². The Hall–Kier alpha value is -2.59. The van der Waals surface area contributed by atoms with Crippen LogP contribution in [-0.2, 0) is 17.8 Å². The zero-order chi connectivity index (χ0) is 18.0. The molecule has 1 aromatic heterocycles. The van der Waals surface area contributed by atoms with E-state index < -0.39 is 5.97 Å². The summed E-state index contributed by atoms with van der Waals surface area (Å²) in [5.74, 6) is -0.00508. The number of benzene rings is 2. The van der Waals surface area contributed by atoms with Crippen molar-refractivity contribution in [2.24, 2.45) is 0 Å². The summed E-state index contributed by atoms with van der Waals surface area (Å²) in [6.45, 7) is 2.55. The smallest absolute Gasteiger partial charge is 0.307 e. The third-order valence-corrected chi connectivity index (χ3v) is 4.48. The van der Waals surface area contributed by atoms with Crippen molar-refractivity contribution >= 4 is 34.2 Å². The Morgan fingerprint density at radius 3 is 2.40 bits per heavy atom. The lowest BCUT2D eigenvalue weighted by Crippen LogP contribution is -2.19. The molecule has 128 valence electrons. The third kappa shape index (κ3) is 3.74. The van der Waals surface area contributed by atoms with Crippen LogP contribution in [0.2, 0.25) is 5.02 Å². The van der Waals surface area contributed by atoms with E-state index in [0.717, 1.165) is 33.4 Å². The molecule has 0 bridgehead atoms. The molecule has 0 aliphatic carbocycles. The van der Waals surface area contributed by atoms with Gasteiger partial charge < -0.3 is 10.0 Å². The Morgan fingerprint density at radius 2 is 1.76 bits per heavy atom. The Balaban J connectivity index is 2.04. The van der Waals surface area contributed by atoms with E-state index in [1.54, 1.807) is 0 Å². The number of carboxylic acid groups (broad SMARTS) is 1. The number of aliphatic carboxylic acids is 1. The molecule has 0 spiro atoms. The highest BCUT2D eigenvalue weighted by molar-refractivity contribution is 6.30. The zero-order valence-electron chi connectivity index (χ0n) is 14.2. The molecule has 25 heavy (non-hydrogen) atoms. The number of aryl methyl sites for hydroxylation is 1. The maximum atomic E-state index is 11.2. The van der Waals surface area contributed by atoms with Crippen molar-refractivity contribution in [2.45, 2.75) is 19.9 Å². The maximum Gasteiger partial charge on any atom is 0.307 e. The minimum Gasteiger partial charge on any atom is -0.481 e. The number of anilines is 1. The van der Waals surface area contributed by atoms with Crippen LogP contribution < -0.4 is 4.90 Å². The van der Waals surface area contributed by atoms with Gasteiger partial charge in [0.2, 0.25) is 0 Å². The van der Waals surface area contributed by atoms with Crippen LogP contribution in [0.1, 0.15) is 16.8 Å². The molecule has 0 unspecified atom stereocenters. The summed E-state index contributed by atoms with van der Waals surface area (Å²) in [6.07, 6.45) is -0.0273. The molecule has 3 rings (SSSR count). The summed E-state index contributed by atoms with van der Waals surface area (Å²) in [4.78, 5) is 18.0. The fourth-order valence-corrected chi connectivity index (χ4v) is 3.15. The molecular formula is C20H19ClN2O2. The molecule has 0 atom stereocenters. The van der Waals surface area contributed by atoms with E-state index in [9.17, 15) is 9.90 Å². The average molecular weight is 355 g/mol. The molecule has 2 aromatic carbocycles. The SMILES string of the molecule is Cc1nc(N(C)Cc2ccc(Cl)cc2)c2ccccc2c1CC(=O)O. The zero-order valence-corrected chi connectivity index (χ0v) is 14.9. The first-order chi connectivity index (χ1) is 12.0. The number of halogens is 1. The second kappa shape index (κ2) is 7.11. The van der Waals surface area contributed by atoms with Crippen LogP contribution in [-0.4, -0.2) is 23.1 Å². The predicted molar refractivity (Wildman–Crippen MR) is 101 cm³/mol. The van der Waals surface area contributed by atoms with Crippen molar-refractivity contribution in [3.63, 3.8) is 0 Å². The standard InChI is InChI=1S/C20H19ClN2O2/c1-13-18(11-19(24)25)16-5-3-4-6-17(16)20(22-13)23(2)12-14-7-9-15(21)10-8-14/h3-10H,11-12H2,1-2H3,(H,24,25). The van der Waals surface area contributed by atoms with Crippen LogP contribution in [0.3, 0.4) is 0 Å². The number of pyridine rings is 1. The van der Waals surface area contributed by atoms with Crippen LogP contribution in [0.25, 0.3) is 10.8 Å². The number of carboxylic acids is 1. The molecule has 0 aliphatic rings. The molecular weight excluding hydrogens is 336 g/mol. The number of aromatic nitrogens is 1. The summed E-state index contributed by atoms with van der Waals surface area (Å²) in [7, 11) is 1.99. The van der Waals surface area contributed by atoms with Gasteiger partial charge in [-0.05, 0) is 35.6 Å². The lowest BCUT2D eigenvalue weighted by Gasteiger charge is -2.22. The van der Waals surface area contributed by atoms with E-state index in [1.165, 1.54) is 0 Å². The summed E-state index contributed by atoms with van der Waals surface area (Å²) < 4.78 is 0. The molecule has 1 heterocycles. The van der Waals surface area contributed by atoms with Gasteiger partial charge in [-0.25, -0.2) is 4.98 Å². The predicted octanol–water partition coefficient (Wildman–Crippen LogP) is 4.46. The number of hydrogen-bond acceptors (Lipinski definition) is 3. The topological polar surface area (TPSA) is 53.4 Å². The molecule has 0 radical (unpaired) electrons. The van der Waals surface area contributed by atoms with Crippen molar-refractivity contribution < 1.29 is 9.90 Å². The maximum absolute atomic E-state index is 11.2. The van der Waals surface area contributed by atoms with Gasteiger partial charge in [0.15, 0.2) is 0 Å². The Morgan fingerprint density at radius 1 is 1.12 bits per heavy atom. The highest BCUT2D eigenvalue weighted by Gasteiger charge is 2.16. The summed E-state index contributed by atoms with van der Waals surface area (Å²) >= 11 is 5.95. The molecule has 0 amide bonds. The van der Waals surface area contributed by atoms with Crippen molar-refractivity contribution in [1.29, 1.82) is 0 Å². The molecule has 4 nitrogen and oxygen atoms in total. The summed E-state index contributed by atoms with van der Waals surface area (Å²) in [5.41, 5.74) is 2.65. The van der Waals surface area contributed by atoms with Crippen LogP contribution in [0.4, 0.5) is 5.82 Å². The largest absolute Gasteiger partial charge is 0.481 e. The Kier molecular flexibility index (Phi) is 4.91. The Labute approximate surface area is 151 Å². The molecule has 0 fully saturated rings. The minimum absolute atomic E-state index is 0.0273. The van der Waals surface area contributed by atoms with Gasteiger partial charge in [-0.1, -0.05) is 48.0 Å².